The highest BCUT2D eigenvalue weighted by atomic mass is 35.5. The third-order valence-corrected chi connectivity index (χ3v) is 8.07. The van der Waals surface area contributed by atoms with Crippen molar-refractivity contribution in [1.29, 1.82) is 0 Å². The summed E-state index contributed by atoms with van der Waals surface area (Å²) in [5, 5.41) is 11.9. The smallest absolute Gasteiger partial charge is 0.268 e. The largest absolute Gasteiger partial charge is 0.330 e. The first-order valence-electron chi connectivity index (χ1n) is 11.6. The van der Waals surface area contributed by atoms with Crippen LogP contribution >= 0.6 is 34.5 Å². The molecule has 37 heavy (non-hydrogen) atoms. The van der Waals surface area contributed by atoms with Crippen molar-refractivity contribution in [2.75, 3.05) is 6.54 Å². The summed E-state index contributed by atoms with van der Waals surface area (Å²) in [7, 11) is 0. The summed E-state index contributed by atoms with van der Waals surface area (Å²) in [6, 6.07) is 9.78. The van der Waals surface area contributed by atoms with E-state index < -0.39 is 11.6 Å². The molecule has 6 rings (SSSR count). The molecule has 0 radical (unpaired) electrons. The second kappa shape index (κ2) is 9.51. The molecule has 0 saturated carbocycles. The summed E-state index contributed by atoms with van der Waals surface area (Å²) in [6.45, 7) is 1.38. The van der Waals surface area contributed by atoms with Gasteiger partial charge in [-0.3, -0.25) is 4.79 Å². The Bertz CT molecular complexity index is 1510. The van der Waals surface area contributed by atoms with Gasteiger partial charge in [-0.1, -0.05) is 65.7 Å². The molecule has 4 aromatic rings. The van der Waals surface area contributed by atoms with E-state index in [2.05, 4.69) is 20.2 Å². The number of aromatic nitrogens is 6. The van der Waals surface area contributed by atoms with E-state index in [-0.39, 0.29) is 17.6 Å². The van der Waals surface area contributed by atoms with Gasteiger partial charge < -0.3 is 14.0 Å². The molecule has 12 heteroatoms. The first-order valence-corrected chi connectivity index (χ1v) is 13.2. The second-order valence-electron chi connectivity index (χ2n) is 8.82. The summed E-state index contributed by atoms with van der Waals surface area (Å²) >= 11 is 13.5. The van der Waals surface area contributed by atoms with Crippen LogP contribution < -0.4 is 0 Å². The molecule has 1 amide bonds. The zero-order valence-corrected chi connectivity index (χ0v) is 21.7. The van der Waals surface area contributed by atoms with Gasteiger partial charge in [-0.15, -0.1) is 21.5 Å². The molecule has 0 atom stereocenters. The number of carbonyl (C=O) groups is 1. The molecule has 188 valence electrons. The number of halogens is 3. The number of rotatable bonds is 5. The van der Waals surface area contributed by atoms with Gasteiger partial charge in [0.1, 0.15) is 15.9 Å². The number of thiazole rings is 1. The molecule has 0 N–H and O–H groups in total. The van der Waals surface area contributed by atoms with Crippen molar-refractivity contribution in [1.82, 2.24) is 34.2 Å². The van der Waals surface area contributed by atoms with Crippen LogP contribution in [0.4, 0.5) is 4.39 Å². The van der Waals surface area contributed by atoms with E-state index >= 15 is 4.39 Å². The molecule has 0 unspecified atom stereocenters. The van der Waals surface area contributed by atoms with Crippen LogP contribution in [0.25, 0.3) is 11.5 Å². The highest BCUT2D eigenvalue weighted by molar-refractivity contribution is 7.09. The standard InChI is InChI=1S/C25H20Cl2FN7OS/c26-21-22(27)34(15-29-21)13-20-30-18(14-37-20)23-32-31-19-12-33(10-11-35(19)23)24(36)25(28)8-6-17(7-9-25)16-4-2-1-3-5-16/h1-9,14-15,17H,10-13H2. The minimum Gasteiger partial charge on any atom is -0.330 e. The second-order valence-corrected chi connectivity index (χ2v) is 10.5. The third kappa shape index (κ3) is 4.49. The lowest BCUT2D eigenvalue weighted by Crippen LogP contribution is -2.47. The Morgan fingerprint density at radius 1 is 1.14 bits per heavy atom. The van der Waals surface area contributed by atoms with Crippen LogP contribution in [0.1, 0.15) is 22.3 Å². The summed E-state index contributed by atoms with van der Waals surface area (Å²) in [5.74, 6) is 0.532. The topological polar surface area (TPSA) is 81.7 Å². The van der Waals surface area contributed by atoms with E-state index in [1.165, 1.54) is 28.4 Å². The Kier molecular flexibility index (Phi) is 6.18. The van der Waals surface area contributed by atoms with E-state index in [4.69, 9.17) is 23.2 Å². The van der Waals surface area contributed by atoms with E-state index in [9.17, 15) is 4.79 Å². The molecule has 4 heterocycles. The van der Waals surface area contributed by atoms with Crippen molar-refractivity contribution in [3.63, 3.8) is 0 Å². The fourth-order valence-electron chi connectivity index (χ4n) is 4.50. The van der Waals surface area contributed by atoms with Crippen LogP contribution in [-0.4, -0.2) is 52.3 Å². The van der Waals surface area contributed by atoms with Gasteiger partial charge in [0.15, 0.2) is 16.8 Å². The highest BCUT2D eigenvalue weighted by Crippen LogP contribution is 2.32. The SMILES string of the molecule is O=C(N1CCn2c(nnc2-c2csc(Cn3cnc(Cl)c3Cl)n2)C1)C1(F)C=CC(c2ccccc2)C=C1. The Hall–Kier alpha value is -3.34. The van der Waals surface area contributed by atoms with Crippen molar-refractivity contribution in [3.05, 3.63) is 93.0 Å². The van der Waals surface area contributed by atoms with Crippen LogP contribution in [0.15, 0.2) is 66.3 Å². The molecular weight excluding hydrogens is 536 g/mol. The average molecular weight is 556 g/mol. The van der Waals surface area contributed by atoms with E-state index in [1.54, 1.807) is 23.0 Å². The minimum absolute atomic E-state index is 0.0605. The number of hydrogen-bond donors (Lipinski definition) is 0. The Morgan fingerprint density at radius 3 is 2.65 bits per heavy atom. The monoisotopic (exact) mass is 555 g/mol. The molecule has 8 nitrogen and oxygen atoms in total. The van der Waals surface area contributed by atoms with Gasteiger partial charge in [0.2, 0.25) is 5.67 Å². The van der Waals surface area contributed by atoms with Gasteiger partial charge >= 0.3 is 0 Å². The molecule has 3 aromatic heterocycles. The van der Waals surface area contributed by atoms with Crippen LogP contribution in [0.2, 0.25) is 10.3 Å². The highest BCUT2D eigenvalue weighted by Gasteiger charge is 2.40. The number of nitrogens with zero attached hydrogens (tertiary/aromatic N) is 7. The van der Waals surface area contributed by atoms with Gasteiger partial charge in [-0.25, -0.2) is 14.4 Å². The van der Waals surface area contributed by atoms with Gasteiger partial charge in [0, 0.05) is 24.4 Å². The maximum atomic E-state index is 15.7. The zero-order chi connectivity index (χ0) is 25.6. The lowest BCUT2D eigenvalue weighted by atomic mass is 9.88. The molecule has 2 aliphatic rings. The van der Waals surface area contributed by atoms with Crippen LogP contribution in [-0.2, 0) is 24.4 Å². The summed E-state index contributed by atoms with van der Waals surface area (Å²) < 4.78 is 19.3. The first kappa shape index (κ1) is 24.0. The number of carbonyl (C=O) groups excluding carboxylic acids is 1. The molecule has 1 aliphatic heterocycles. The maximum absolute atomic E-state index is 15.7. The maximum Gasteiger partial charge on any atom is 0.268 e. The predicted molar refractivity (Wildman–Crippen MR) is 139 cm³/mol. The number of amides is 1. The number of alkyl halides is 1. The lowest BCUT2D eigenvalue weighted by Gasteiger charge is -2.32. The first-order chi connectivity index (χ1) is 17.9. The fraction of sp³-hybridized carbons (Fsp3) is 0.240. The molecule has 0 bridgehead atoms. The molecule has 1 aliphatic carbocycles. The van der Waals surface area contributed by atoms with Gasteiger partial charge in [-0.2, -0.15) is 0 Å². The van der Waals surface area contributed by atoms with Crippen molar-refractivity contribution < 1.29 is 9.18 Å². The van der Waals surface area contributed by atoms with Gasteiger partial charge in [0.25, 0.3) is 5.91 Å². The number of fused-ring (bicyclic) bond motifs is 1. The Balaban J connectivity index is 1.15. The molecule has 0 saturated heterocycles. The van der Waals surface area contributed by atoms with E-state index in [1.807, 2.05) is 40.3 Å². The third-order valence-electron chi connectivity index (χ3n) is 6.46. The zero-order valence-electron chi connectivity index (χ0n) is 19.3. The lowest BCUT2D eigenvalue weighted by molar-refractivity contribution is -0.140. The number of imidazole rings is 1. The normalized spacial score (nSPS) is 20.8. The quantitative estimate of drug-likeness (QED) is 0.327. The van der Waals surface area contributed by atoms with E-state index in [0.29, 0.717) is 42.1 Å². The molecule has 1 aromatic carbocycles. The molecule has 0 spiro atoms. The Morgan fingerprint density at radius 2 is 1.92 bits per heavy atom. The van der Waals surface area contributed by atoms with Crippen LogP contribution in [0.3, 0.4) is 0 Å². The van der Waals surface area contributed by atoms with Crippen molar-refractivity contribution >= 4 is 40.4 Å². The van der Waals surface area contributed by atoms with Crippen LogP contribution in [0.5, 0.6) is 0 Å². The van der Waals surface area contributed by atoms with Gasteiger partial charge in [-0.05, 0) is 17.7 Å². The Labute approximate surface area is 225 Å². The minimum atomic E-state index is -2.18. The van der Waals surface area contributed by atoms with E-state index in [0.717, 1.165) is 10.6 Å². The number of hydrogen-bond acceptors (Lipinski definition) is 6. The molecule has 0 fully saturated rings. The predicted octanol–water partition coefficient (Wildman–Crippen LogP) is 4.91. The summed E-state index contributed by atoms with van der Waals surface area (Å²) in [4.78, 5) is 23.3. The van der Waals surface area contributed by atoms with Crippen molar-refractivity contribution in [3.8, 4) is 11.5 Å². The van der Waals surface area contributed by atoms with Crippen LogP contribution in [0, 0.1) is 0 Å². The fourth-order valence-corrected chi connectivity index (χ4v) is 5.57. The number of allylic oxidation sites excluding steroid dienone is 2. The average Bonchev–Trinajstić information content (AvgIpc) is 3.64. The van der Waals surface area contributed by atoms with Gasteiger partial charge in [0.05, 0.1) is 19.4 Å². The molecular formula is C25H20Cl2FN7OS. The summed E-state index contributed by atoms with van der Waals surface area (Å²) in [6.07, 6.45) is 7.75. The van der Waals surface area contributed by atoms with Crippen molar-refractivity contribution in [2.45, 2.75) is 31.2 Å². The summed E-state index contributed by atoms with van der Waals surface area (Å²) in [5.41, 5.74) is -0.462. The number of benzene rings is 1. The van der Waals surface area contributed by atoms with Crippen molar-refractivity contribution in [2.24, 2.45) is 0 Å².